The first kappa shape index (κ1) is 17.2. The Bertz CT molecular complexity index is 546. The Labute approximate surface area is 135 Å². The number of halogens is 1. The molecule has 0 aliphatic heterocycles. The Morgan fingerprint density at radius 3 is 2.52 bits per heavy atom. The fraction of sp³-hybridized carbons (Fsp3) is 0.529. The lowest BCUT2D eigenvalue weighted by molar-refractivity contribution is -0.141. The summed E-state index contributed by atoms with van der Waals surface area (Å²) < 4.78 is 18.2. The lowest BCUT2D eigenvalue weighted by Gasteiger charge is -2.21. The van der Waals surface area contributed by atoms with Crippen LogP contribution in [0.2, 0.25) is 0 Å². The van der Waals surface area contributed by atoms with Gasteiger partial charge in [0.1, 0.15) is 11.6 Å². The molecule has 1 aliphatic rings. The van der Waals surface area contributed by atoms with Gasteiger partial charge in [0.05, 0.1) is 12.5 Å². The molecule has 6 heteroatoms. The smallest absolute Gasteiger partial charge is 0.306 e. The highest BCUT2D eigenvalue weighted by atomic mass is 19.1. The number of hydrogen-bond acceptors (Lipinski definition) is 3. The summed E-state index contributed by atoms with van der Waals surface area (Å²) in [5, 5.41) is 8.99. The van der Waals surface area contributed by atoms with Crippen molar-refractivity contribution < 1.29 is 23.8 Å². The number of carbonyl (C=O) groups excluding carboxylic acids is 1. The third kappa shape index (κ3) is 4.94. The summed E-state index contributed by atoms with van der Waals surface area (Å²) >= 11 is 0. The van der Waals surface area contributed by atoms with Crippen LogP contribution in [0, 0.1) is 17.7 Å². The maximum Gasteiger partial charge on any atom is 0.306 e. The number of carbonyl (C=O) groups is 2. The van der Waals surface area contributed by atoms with E-state index in [-0.39, 0.29) is 23.6 Å². The molecular formula is C17H22FNO4. The molecule has 23 heavy (non-hydrogen) atoms. The van der Waals surface area contributed by atoms with E-state index in [0.29, 0.717) is 44.6 Å². The van der Waals surface area contributed by atoms with Gasteiger partial charge in [-0.3, -0.25) is 9.59 Å². The van der Waals surface area contributed by atoms with Crippen molar-refractivity contribution in [2.45, 2.75) is 25.7 Å². The molecule has 0 spiro atoms. The van der Waals surface area contributed by atoms with Crippen molar-refractivity contribution in [3.8, 4) is 5.75 Å². The highest BCUT2D eigenvalue weighted by molar-refractivity contribution is 5.80. The lowest BCUT2D eigenvalue weighted by Crippen LogP contribution is -2.33. The zero-order valence-corrected chi connectivity index (χ0v) is 13.2. The zero-order chi connectivity index (χ0) is 16.8. The second-order valence-corrected chi connectivity index (χ2v) is 5.96. The number of aliphatic carboxylic acids is 1. The summed E-state index contributed by atoms with van der Waals surface area (Å²) in [7, 11) is 1.73. The van der Waals surface area contributed by atoms with Crippen molar-refractivity contribution in [1.29, 1.82) is 0 Å². The summed E-state index contributed by atoms with van der Waals surface area (Å²) in [5.74, 6) is -1.08. The topological polar surface area (TPSA) is 66.8 Å². The van der Waals surface area contributed by atoms with Gasteiger partial charge in [0.2, 0.25) is 5.91 Å². The van der Waals surface area contributed by atoms with Crippen LogP contribution in [-0.2, 0) is 9.59 Å². The molecule has 0 saturated heterocycles. The number of ether oxygens (including phenoxy) is 1. The van der Waals surface area contributed by atoms with E-state index < -0.39 is 5.97 Å². The van der Waals surface area contributed by atoms with Gasteiger partial charge in [0.15, 0.2) is 0 Å². The summed E-state index contributed by atoms with van der Waals surface area (Å²) in [6.45, 7) is 0.986. The molecule has 0 aromatic heterocycles. The average molecular weight is 323 g/mol. The molecule has 2 atom stereocenters. The van der Waals surface area contributed by atoms with Crippen LogP contribution in [0.5, 0.6) is 5.75 Å². The molecule has 0 radical (unpaired) electrons. The van der Waals surface area contributed by atoms with Gasteiger partial charge in [-0.05, 0) is 49.9 Å². The standard InChI is InChI=1S/C17H22FNO4/c1-19(16(20)12-3-4-13(11-12)17(21)22)9-2-10-23-15-7-5-14(18)6-8-15/h5-8,12-13H,2-4,9-11H2,1H3,(H,21,22)/t12-,13+/m1/s1. The predicted octanol–water partition coefficient (Wildman–Crippen LogP) is 2.55. The van der Waals surface area contributed by atoms with Gasteiger partial charge in [-0.25, -0.2) is 4.39 Å². The number of hydrogen-bond donors (Lipinski definition) is 1. The fourth-order valence-electron chi connectivity index (χ4n) is 2.87. The first-order valence-corrected chi connectivity index (χ1v) is 7.83. The molecule has 0 heterocycles. The van der Waals surface area contributed by atoms with Gasteiger partial charge in [0.25, 0.3) is 0 Å². The lowest BCUT2D eigenvalue weighted by atomic mass is 10.0. The Morgan fingerprint density at radius 2 is 1.91 bits per heavy atom. The minimum absolute atomic E-state index is 0.00975. The van der Waals surface area contributed by atoms with Crippen molar-refractivity contribution in [2.75, 3.05) is 20.2 Å². The number of amides is 1. The van der Waals surface area contributed by atoms with Gasteiger partial charge in [-0.1, -0.05) is 0 Å². The summed E-state index contributed by atoms with van der Waals surface area (Å²) in [6, 6.07) is 5.80. The van der Waals surface area contributed by atoms with Crippen molar-refractivity contribution >= 4 is 11.9 Å². The van der Waals surface area contributed by atoms with Gasteiger partial charge in [-0.15, -0.1) is 0 Å². The highest BCUT2D eigenvalue weighted by Crippen LogP contribution is 2.32. The number of nitrogens with zero attached hydrogens (tertiary/aromatic N) is 1. The summed E-state index contributed by atoms with van der Waals surface area (Å²) in [5.41, 5.74) is 0. The summed E-state index contributed by atoms with van der Waals surface area (Å²) in [6.07, 6.45) is 2.32. The van der Waals surface area contributed by atoms with Crippen molar-refractivity contribution in [3.63, 3.8) is 0 Å². The molecule has 1 aromatic carbocycles. The van der Waals surface area contributed by atoms with Crippen LogP contribution in [0.3, 0.4) is 0 Å². The van der Waals surface area contributed by atoms with E-state index in [2.05, 4.69) is 0 Å². The van der Waals surface area contributed by atoms with Crippen LogP contribution in [0.1, 0.15) is 25.7 Å². The highest BCUT2D eigenvalue weighted by Gasteiger charge is 2.34. The molecule has 0 unspecified atom stereocenters. The molecule has 0 bridgehead atoms. The molecule has 1 amide bonds. The van der Waals surface area contributed by atoms with Gasteiger partial charge >= 0.3 is 5.97 Å². The molecule has 5 nitrogen and oxygen atoms in total. The maximum absolute atomic E-state index is 12.8. The molecule has 1 N–H and O–H groups in total. The van der Waals surface area contributed by atoms with Gasteiger partial charge in [-0.2, -0.15) is 0 Å². The number of rotatable bonds is 7. The Balaban J connectivity index is 1.68. The van der Waals surface area contributed by atoms with Crippen LogP contribution in [0.15, 0.2) is 24.3 Å². The maximum atomic E-state index is 12.8. The average Bonchev–Trinajstić information content (AvgIpc) is 3.02. The number of benzene rings is 1. The van der Waals surface area contributed by atoms with E-state index in [4.69, 9.17) is 9.84 Å². The van der Waals surface area contributed by atoms with Crippen molar-refractivity contribution in [3.05, 3.63) is 30.1 Å². The van der Waals surface area contributed by atoms with Crippen LogP contribution in [0.25, 0.3) is 0 Å². The number of carboxylic acid groups (broad SMARTS) is 1. The molecule has 1 aliphatic carbocycles. The molecule has 1 fully saturated rings. The third-order valence-electron chi connectivity index (χ3n) is 4.23. The van der Waals surface area contributed by atoms with Gasteiger partial charge in [0, 0.05) is 19.5 Å². The minimum Gasteiger partial charge on any atom is -0.494 e. The van der Waals surface area contributed by atoms with Crippen LogP contribution in [0.4, 0.5) is 4.39 Å². The van der Waals surface area contributed by atoms with E-state index in [1.807, 2.05) is 0 Å². The van der Waals surface area contributed by atoms with E-state index in [1.165, 1.54) is 12.1 Å². The second kappa shape index (κ2) is 7.94. The monoisotopic (exact) mass is 323 g/mol. The molecular weight excluding hydrogens is 301 g/mol. The van der Waals surface area contributed by atoms with E-state index in [9.17, 15) is 14.0 Å². The fourth-order valence-corrected chi connectivity index (χ4v) is 2.87. The SMILES string of the molecule is CN(CCCOc1ccc(F)cc1)C(=O)[C@@H]1CC[C@H](C(=O)O)C1. The van der Waals surface area contributed by atoms with Gasteiger partial charge < -0.3 is 14.7 Å². The summed E-state index contributed by atoms with van der Waals surface area (Å²) in [4.78, 5) is 24.8. The van der Waals surface area contributed by atoms with Crippen molar-refractivity contribution in [1.82, 2.24) is 4.90 Å². The first-order valence-electron chi connectivity index (χ1n) is 7.83. The first-order chi connectivity index (χ1) is 11.0. The molecule has 1 saturated carbocycles. The van der Waals surface area contributed by atoms with E-state index in [1.54, 1.807) is 24.1 Å². The number of carboxylic acids is 1. The molecule has 1 aromatic rings. The second-order valence-electron chi connectivity index (χ2n) is 5.96. The van der Waals surface area contributed by atoms with E-state index in [0.717, 1.165) is 0 Å². The quantitative estimate of drug-likeness (QED) is 0.783. The zero-order valence-electron chi connectivity index (χ0n) is 13.2. The Kier molecular flexibility index (Phi) is 5.96. The molecule has 126 valence electrons. The van der Waals surface area contributed by atoms with E-state index >= 15 is 0 Å². The van der Waals surface area contributed by atoms with Crippen molar-refractivity contribution in [2.24, 2.45) is 11.8 Å². The molecule has 2 rings (SSSR count). The minimum atomic E-state index is -0.810. The normalized spacial score (nSPS) is 20.3. The third-order valence-corrected chi connectivity index (χ3v) is 4.23. The van der Waals surface area contributed by atoms with Crippen LogP contribution >= 0.6 is 0 Å². The Morgan fingerprint density at radius 1 is 1.26 bits per heavy atom. The van der Waals surface area contributed by atoms with Crippen LogP contribution < -0.4 is 4.74 Å². The predicted molar refractivity (Wildman–Crippen MR) is 82.6 cm³/mol. The largest absolute Gasteiger partial charge is 0.494 e. The van der Waals surface area contributed by atoms with Crippen LogP contribution in [-0.4, -0.2) is 42.1 Å². The Hall–Kier alpha value is -2.11.